The van der Waals surface area contributed by atoms with Crippen molar-refractivity contribution in [2.75, 3.05) is 7.11 Å². The van der Waals surface area contributed by atoms with Crippen LogP contribution >= 0.6 is 0 Å². The predicted octanol–water partition coefficient (Wildman–Crippen LogP) is 2.01. The SMILES string of the molecule is COc1ccc(CC2(O)CCCC(N)C2)cc1F. The van der Waals surface area contributed by atoms with Gasteiger partial charge >= 0.3 is 0 Å². The Morgan fingerprint density at radius 2 is 2.33 bits per heavy atom. The molecule has 0 amide bonds. The number of ether oxygens (including phenoxy) is 1. The number of halogens is 1. The summed E-state index contributed by atoms with van der Waals surface area (Å²) in [6, 6.07) is 4.86. The molecule has 2 rings (SSSR count). The summed E-state index contributed by atoms with van der Waals surface area (Å²) < 4.78 is 18.4. The highest BCUT2D eigenvalue weighted by Crippen LogP contribution is 2.31. The summed E-state index contributed by atoms with van der Waals surface area (Å²) in [5, 5.41) is 10.5. The van der Waals surface area contributed by atoms with E-state index in [0.717, 1.165) is 24.8 Å². The van der Waals surface area contributed by atoms with Gasteiger partial charge in [-0.2, -0.15) is 0 Å². The molecule has 3 nitrogen and oxygen atoms in total. The summed E-state index contributed by atoms with van der Waals surface area (Å²) in [5.74, 6) is -0.162. The van der Waals surface area contributed by atoms with Gasteiger partial charge in [0.05, 0.1) is 12.7 Å². The summed E-state index contributed by atoms with van der Waals surface area (Å²) in [6.45, 7) is 0. The second-order valence-corrected chi connectivity index (χ2v) is 5.23. The van der Waals surface area contributed by atoms with Crippen molar-refractivity contribution in [1.29, 1.82) is 0 Å². The molecule has 100 valence electrons. The third-order valence-corrected chi connectivity index (χ3v) is 3.61. The average molecular weight is 253 g/mol. The van der Waals surface area contributed by atoms with Crippen molar-refractivity contribution >= 4 is 0 Å². The highest BCUT2D eigenvalue weighted by Gasteiger charge is 2.33. The van der Waals surface area contributed by atoms with Gasteiger partial charge in [0.2, 0.25) is 0 Å². The summed E-state index contributed by atoms with van der Waals surface area (Å²) >= 11 is 0. The van der Waals surface area contributed by atoms with Crippen LogP contribution in [0.2, 0.25) is 0 Å². The van der Waals surface area contributed by atoms with Crippen molar-refractivity contribution in [3.63, 3.8) is 0 Å². The van der Waals surface area contributed by atoms with Gasteiger partial charge in [0.25, 0.3) is 0 Å². The summed E-state index contributed by atoms with van der Waals surface area (Å²) in [5.41, 5.74) is 5.87. The quantitative estimate of drug-likeness (QED) is 0.866. The Labute approximate surface area is 107 Å². The molecule has 18 heavy (non-hydrogen) atoms. The lowest BCUT2D eigenvalue weighted by atomic mass is 9.78. The van der Waals surface area contributed by atoms with Crippen LogP contribution in [0.4, 0.5) is 4.39 Å². The van der Waals surface area contributed by atoms with Gasteiger partial charge in [-0.05, 0) is 43.4 Å². The van der Waals surface area contributed by atoms with E-state index in [4.69, 9.17) is 10.5 Å². The van der Waals surface area contributed by atoms with Crippen molar-refractivity contribution in [3.05, 3.63) is 29.6 Å². The van der Waals surface area contributed by atoms with Gasteiger partial charge in [-0.15, -0.1) is 0 Å². The van der Waals surface area contributed by atoms with Gasteiger partial charge in [-0.3, -0.25) is 0 Å². The van der Waals surface area contributed by atoms with Crippen LogP contribution in [0.25, 0.3) is 0 Å². The first kappa shape index (κ1) is 13.3. The number of nitrogens with two attached hydrogens (primary N) is 1. The lowest BCUT2D eigenvalue weighted by Crippen LogP contribution is -2.42. The fourth-order valence-corrected chi connectivity index (χ4v) is 2.75. The average Bonchev–Trinajstić information content (AvgIpc) is 2.28. The number of methoxy groups -OCH3 is 1. The molecule has 0 aliphatic heterocycles. The van der Waals surface area contributed by atoms with E-state index in [-0.39, 0.29) is 11.8 Å². The molecule has 1 fully saturated rings. The number of benzene rings is 1. The molecular formula is C14H20FNO2. The first-order chi connectivity index (χ1) is 8.52. The molecule has 0 radical (unpaired) electrons. The van der Waals surface area contributed by atoms with E-state index in [0.29, 0.717) is 12.8 Å². The van der Waals surface area contributed by atoms with Crippen LogP contribution in [0.1, 0.15) is 31.2 Å². The fraction of sp³-hybridized carbons (Fsp3) is 0.571. The van der Waals surface area contributed by atoms with E-state index >= 15 is 0 Å². The summed E-state index contributed by atoms with van der Waals surface area (Å²) in [4.78, 5) is 0. The Morgan fingerprint density at radius 3 is 2.94 bits per heavy atom. The largest absolute Gasteiger partial charge is 0.494 e. The van der Waals surface area contributed by atoms with Gasteiger partial charge in [0.15, 0.2) is 11.6 Å². The fourth-order valence-electron chi connectivity index (χ4n) is 2.75. The molecule has 4 heteroatoms. The highest BCUT2D eigenvalue weighted by atomic mass is 19.1. The van der Waals surface area contributed by atoms with Crippen LogP contribution in [0.3, 0.4) is 0 Å². The van der Waals surface area contributed by atoms with Crippen LogP contribution < -0.4 is 10.5 Å². The zero-order valence-corrected chi connectivity index (χ0v) is 10.7. The molecule has 0 spiro atoms. The topological polar surface area (TPSA) is 55.5 Å². The van der Waals surface area contributed by atoms with Crippen LogP contribution in [0.5, 0.6) is 5.75 Å². The van der Waals surface area contributed by atoms with E-state index < -0.39 is 11.4 Å². The lowest BCUT2D eigenvalue weighted by Gasteiger charge is -2.35. The van der Waals surface area contributed by atoms with Crippen LogP contribution in [0.15, 0.2) is 18.2 Å². The zero-order chi connectivity index (χ0) is 13.2. The molecule has 1 aromatic rings. The van der Waals surface area contributed by atoms with Crippen LogP contribution in [-0.2, 0) is 6.42 Å². The zero-order valence-electron chi connectivity index (χ0n) is 10.7. The maximum Gasteiger partial charge on any atom is 0.165 e. The third-order valence-electron chi connectivity index (χ3n) is 3.61. The third kappa shape index (κ3) is 3.00. The predicted molar refractivity (Wildman–Crippen MR) is 68.0 cm³/mol. The maximum absolute atomic E-state index is 13.6. The highest BCUT2D eigenvalue weighted by molar-refractivity contribution is 5.30. The van der Waals surface area contributed by atoms with E-state index in [1.54, 1.807) is 12.1 Å². The first-order valence-corrected chi connectivity index (χ1v) is 6.33. The number of rotatable bonds is 3. The van der Waals surface area contributed by atoms with Crippen molar-refractivity contribution in [3.8, 4) is 5.75 Å². The Morgan fingerprint density at radius 1 is 1.56 bits per heavy atom. The Hall–Kier alpha value is -1.13. The Kier molecular flexibility index (Phi) is 3.88. The number of hydrogen-bond donors (Lipinski definition) is 2. The van der Waals surface area contributed by atoms with E-state index in [9.17, 15) is 9.50 Å². The number of aliphatic hydroxyl groups is 1. The van der Waals surface area contributed by atoms with Crippen molar-refractivity contribution < 1.29 is 14.2 Å². The van der Waals surface area contributed by atoms with E-state index in [2.05, 4.69) is 0 Å². The Bertz CT molecular complexity index is 424. The Balaban J connectivity index is 2.11. The van der Waals surface area contributed by atoms with E-state index in [1.807, 2.05) is 0 Å². The minimum Gasteiger partial charge on any atom is -0.494 e. The standard InChI is InChI=1S/C14H20FNO2/c1-18-13-5-4-10(7-12(13)15)8-14(17)6-2-3-11(16)9-14/h4-5,7,11,17H,2-3,6,8-9,16H2,1H3. The molecule has 0 saturated heterocycles. The summed E-state index contributed by atoms with van der Waals surface area (Å²) in [7, 11) is 1.44. The molecule has 3 N–H and O–H groups in total. The van der Waals surface area contributed by atoms with Crippen molar-refractivity contribution in [1.82, 2.24) is 0 Å². The normalized spacial score (nSPS) is 28.1. The van der Waals surface area contributed by atoms with E-state index in [1.165, 1.54) is 13.2 Å². The maximum atomic E-state index is 13.6. The van der Waals surface area contributed by atoms with Gasteiger partial charge in [-0.25, -0.2) is 4.39 Å². The summed E-state index contributed by atoms with van der Waals surface area (Å²) in [6.07, 6.45) is 3.65. The molecule has 2 atom stereocenters. The van der Waals surface area contributed by atoms with Crippen molar-refractivity contribution in [2.45, 2.75) is 43.7 Å². The first-order valence-electron chi connectivity index (χ1n) is 6.33. The molecule has 1 aliphatic carbocycles. The van der Waals surface area contributed by atoms with Crippen molar-refractivity contribution in [2.24, 2.45) is 5.73 Å². The monoisotopic (exact) mass is 253 g/mol. The van der Waals surface area contributed by atoms with Gasteiger partial charge in [0.1, 0.15) is 0 Å². The van der Waals surface area contributed by atoms with Crippen LogP contribution in [-0.4, -0.2) is 23.9 Å². The van der Waals surface area contributed by atoms with Crippen LogP contribution in [0, 0.1) is 5.82 Å². The minimum atomic E-state index is -0.793. The van der Waals surface area contributed by atoms with Gasteiger partial charge in [-0.1, -0.05) is 6.07 Å². The molecule has 1 saturated carbocycles. The molecule has 0 aromatic heterocycles. The molecule has 2 unspecified atom stereocenters. The number of hydrogen-bond acceptors (Lipinski definition) is 3. The van der Waals surface area contributed by atoms with Gasteiger partial charge < -0.3 is 15.6 Å². The second-order valence-electron chi connectivity index (χ2n) is 5.23. The minimum absolute atomic E-state index is 0.0480. The molecule has 1 aromatic carbocycles. The smallest absolute Gasteiger partial charge is 0.165 e. The second kappa shape index (κ2) is 5.24. The lowest BCUT2D eigenvalue weighted by molar-refractivity contribution is -0.00196. The molecule has 1 aliphatic rings. The molecular weight excluding hydrogens is 233 g/mol. The molecule has 0 bridgehead atoms. The molecule has 0 heterocycles. The van der Waals surface area contributed by atoms with Gasteiger partial charge in [0, 0.05) is 12.5 Å².